The summed E-state index contributed by atoms with van der Waals surface area (Å²) in [6.45, 7) is 2.07. The largest absolute Gasteiger partial charge is 0.454 e. The predicted octanol–water partition coefficient (Wildman–Crippen LogP) is 4.12. The van der Waals surface area contributed by atoms with Crippen molar-refractivity contribution in [2.45, 2.75) is 19.0 Å². The van der Waals surface area contributed by atoms with Crippen molar-refractivity contribution in [3.63, 3.8) is 0 Å². The third-order valence-corrected chi connectivity index (χ3v) is 4.70. The molecule has 1 aliphatic rings. The van der Waals surface area contributed by atoms with Gasteiger partial charge in [0, 0.05) is 11.8 Å². The van der Waals surface area contributed by atoms with Gasteiger partial charge < -0.3 is 20.1 Å². The number of ether oxygens (including phenoxy) is 2. The number of fused-ring (bicyclic) bond motifs is 1. The van der Waals surface area contributed by atoms with Crippen molar-refractivity contribution < 1.29 is 14.3 Å². The maximum atomic E-state index is 12.9. The van der Waals surface area contributed by atoms with Gasteiger partial charge in [-0.3, -0.25) is 4.79 Å². The number of hydrogen-bond acceptors (Lipinski definition) is 4. The van der Waals surface area contributed by atoms with Crippen LogP contribution in [-0.2, 0) is 4.79 Å². The van der Waals surface area contributed by atoms with E-state index in [1.165, 1.54) is 0 Å². The average molecular weight is 374 g/mol. The quantitative estimate of drug-likeness (QED) is 0.681. The molecule has 5 nitrogen and oxygen atoms in total. The fourth-order valence-electron chi connectivity index (χ4n) is 3.22. The number of carbonyl (C=O) groups is 1. The van der Waals surface area contributed by atoms with E-state index in [4.69, 9.17) is 9.47 Å². The monoisotopic (exact) mass is 374 g/mol. The van der Waals surface area contributed by atoms with E-state index in [2.05, 4.69) is 10.6 Å². The fourth-order valence-corrected chi connectivity index (χ4v) is 3.22. The molecule has 0 bridgehead atoms. The minimum atomic E-state index is -0.421. The molecule has 28 heavy (non-hydrogen) atoms. The first kappa shape index (κ1) is 17.9. The van der Waals surface area contributed by atoms with Crippen LogP contribution < -0.4 is 20.1 Å². The highest BCUT2D eigenvalue weighted by Gasteiger charge is 2.21. The summed E-state index contributed by atoms with van der Waals surface area (Å²) in [7, 11) is 0. The van der Waals surface area contributed by atoms with Gasteiger partial charge in [0.15, 0.2) is 11.5 Å². The summed E-state index contributed by atoms with van der Waals surface area (Å²) in [5, 5.41) is 6.40. The van der Waals surface area contributed by atoms with Crippen LogP contribution in [0.4, 0.5) is 5.69 Å². The number of carbonyl (C=O) groups excluding carboxylic acids is 1. The summed E-state index contributed by atoms with van der Waals surface area (Å²) in [6, 6.07) is 24.9. The summed E-state index contributed by atoms with van der Waals surface area (Å²) >= 11 is 0. The standard InChI is InChI=1S/C23H22N2O3/c1-16(24-19-12-13-20-21(14-19)28-15-27-20)23(26)25-22(17-8-4-2-5-9-17)18-10-6-3-7-11-18/h2-14,16,22,24H,15H2,1H3,(H,25,26)/t16-/m0/s1. The number of amides is 1. The second kappa shape index (κ2) is 8.05. The average Bonchev–Trinajstić information content (AvgIpc) is 3.21. The maximum Gasteiger partial charge on any atom is 0.242 e. The van der Waals surface area contributed by atoms with Crippen molar-refractivity contribution in [1.29, 1.82) is 0 Å². The zero-order valence-electron chi connectivity index (χ0n) is 15.6. The third-order valence-electron chi connectivity index (χ3n) is 4.70. The molecule has 0 aliphatic carbocycles. The van der Waals surface area contributed by atoms with E-state index in [-0.39, 0.29) is 18.7 Å². The molecule has 5 heteroatoms. The highest BCUT2D eigenvalue weighted by atomic mass is 16.7. The summed E-state index contributed by atoms with van der Waals surface area (Å²) in [5.74, 6) is 1.32. The van der Waals surface area contributed by atoms with E-state index in [0.29, 0.717) is 5.75 Å². The van der Waals surface area contributed by atoms with Crippen LogP contribution in [0.5, 0.6) is 11.5 Å². The molecule has 142 valence electrons. The molecule has 3 aromatic rings. The normalized spacial score (nSPS) is 13.2. The Morgan fingerprint density at radius 1 is 0.857 bits per heavy atom. The molecule has 0 aromatic heterocycles. The lowest BCUT2D eigenvalue weighted by atomic mass is 9.98. The van der Waals surface area contributed by atoms with Crippen molar-refractivity contribution in [3.05, 3.63) is 90.0 Å². The summed E-state index contributed by atoms with van der Waals surface area (Å²) < 4.78 is 10.7. The topological polar surface area (TPSA) is 59.6 Å². The molecule has 1 atom stereocenters. The Hall–Kier alpha value is -3.47. The minimum Gasteiger partial charge on any atom is -0.454 e. The van der Waals surface area contributed by atoms with E-state index in [0.717, 1.165) is 22.6 Å². The Morgan fingerprint density at radius 2 is 1.46 bits per heavy atom. The van der Waals surface area contributed by atoms with Gasteiger partial charge in [-0.1, -0.05) is 60.7 Å². The molecule has 1 amide bonds. The fraction of sp³-hybridized carbons (Fsp3) is 0.174. The van der Waals surface area contributed by atoms with Crippen LogP contribution in [0.25, 0.3) is 0 Å². The highest BCUT2D eigenvalue weighted by molar-refractivity contribution is 5.85. The van der Waals surface area contributed by atoms with Crippen LogP contribution in [0, 0.1) is 0 Å². The molecule has 0 radical (unpaired) electrons. The molecule has 2 N–H and O–H groups in total. The van der Waals surface area contributed by atoms with Crippen LogP contribution in [0.2, 0.25) is 0 Å². The molecule has 3 aromatic carbocycles. The van der Waals surface area contributed by atoms with Crippen LogP contribution in [0.3, 0.4) is 0 Å². The molecular formula is C23H22N2O3. The van der Waals surface area contributed by atoms with Crippen LogP contribution in [0.15, 0.2) is 78.9 Å². The Kier molecular flexibility index (Phi) is 5.15. The Labute approximate surface area is 164 Å². The van der Waals surface area contributed by atoms with Gasteiger partial charge in [-0.15, -0.1) is 0 Å². The minimum absolute atomic E-state index is 0.0876. The first-order valence-electron chi connectivity index (χ1n) is 9.27. The van der Waals surface area contributed by atoms with Crippen LogP contribution >= 0.6 is 0 Å². The van der Waals surface area contributed by atoms with Crippen LogP contribution in [0.1, 0.15) is 24.1 Å². The Bertz CT molecular complexity index is 905. The first-order valence-corrected chi connectivity index (χ1v) is 9.27. The number of nitrogens with one attached hydrogen (secondary N) is 2. The van der Waals surface area contributed by atoms with Gasteiger partial charge in [0.1, 0.15) is 6.04 Å². The smallest absolute Gasteiger partial charge is 0.242 e. The van der Waals surface area contributed by atoms with E-state index in [1.54, 1.807) is 0 Å². The molecule has 0 saturated carbocycles. The van der Waals surface area contributed by atoms with Crippen molar-refractivity contribution in [2.24, 2.45) is 0 Å². The van der Waals surface area contributed by atoms with Crippen molar-refractivity contribution >= 4 is 11.6 Å². The van der Waals surface area contributed by atoms with E-state index in [9.17, 15) is 4.79 Å². The lowest BCUT2D eigenvalue weighted by Gasteiger charge is -2.23. The molecule has 0 unspecified atom stereocenters. The van der Waals surface area contributed by atoms with E-state index >= 15 is 0 Å². The Balaban J connectivity index is 1.49. The van der Waals surface area contributed by atoms with E-state index in [1.807, 2.05) is 85.8 Å². The summed E-state index contributed by atoms with van der Waals surface area (Å²) in [5.41, 5.74) is 2.89. The van der Waals surface area contributed by atoms with Crippen molar-refractivity contribution in [2.75, 3.05) is 12.1 Å². The van der Waals surface area contributed by atoms with Gasteiger partial charge in [0.25, 0.3) is 0 Å². The number of hydrogen-bond donors (Lipinski definition) is 2. The molecule has 0 fully saturated rings. The lowest BCUT2D eigenvalue weighted by molar-refractivity contribution is -0.122. The second-order valence-corrected chi connectivity index (χ2v) is 6.70. The molecule has 4 rings (SSSR count). The van der Waals surface area contributed by atoms with Gasteiger partial charge in [-0.2, -0.15) is 0 Å². The van der Waals surface area contributed by atoms with Gasteiger partial charge in [0.05, 0.1) is 6.04 Å². The molecule has 1 aliphatic heterocycles. The highest BCUT2D eigenvalue weighted by Crippen LogP contribution is 2.34. The zero-order chi connectivity index (χ0) is 19.3. The SMILES string of the molecule is C[C@H](Nc1ccc2c(c1)OCO2)C(=O)NC(c1ccccc1)c1ccccc1. The summed E-state index contributed by atoms with van der Waals surface area (Å²) in [4.78, 5) is 12.9. The number of anilines is 1. The number of rotatable bonds is 6. The van der Waals surface area contributed by atoms with Gasteiger partial charge in [-0.25, -0.2) is 0 Å². The third kappa shape index (κ3) is 3.93. The maximum absolute atomic E-state index is 12.9. The Morgan fingerprint density at radius 3 is 2.11 bits per heavy atom. The molecular weight excluding hydrogens is 352 g/mol. The first-order chi connectivity index (χ1) is 13.7. The van der Waals surface area contributed by atoms with Gasteiger partial charge in [0.2, 0.25) is 12.7 Å². The predicted molar refractivity (Wildman–Crippen MR) is 109 cm³/mol. The van der Waals surface area contributed by atoms with Crippen LogP contribution in [-0.4, -0.2) is 18.7 Å². The molecule has 0 spiro atoms. The van der Waals surface area contributed by atoms with Crippen molar-refractivity contribution in [1.82, 2.24) is 5.32 Å². The number of benzene rings is 3. The lowest BCUT2D eigenvalue weighted by Crippen LogP contribution is -2.40. The summed E-state index contributed by atoms with van der Waals surface area (Å²) in [6.07, 6.45) is 0. The van der Waals surface area contributed by atoms with E-state index < -0.39 is 6.04 Å². The molecule has 0 saturated heterocycles. The zero-order valence-corrected chi connectivity index (χ0v) is 15.6. The van der Waals surface area contributed by atoms with Crippen molar-refractivity contribution in [3.8, 4) is 11.5 Å². The molecule has 1 heterocycles. The van der Waals surface area contributed by atoms with Gasteiger partial charge >= 0.3 is 0 Å². The second-order valence-electron chi connectivity index (χ2n) is 6.70. The van der Waals surface area contributed by atoms with Gasteiger partial charge in [-0.05, 0) is 30.2 Å².